The van der Waals surface area contributed by atoms with Crippen molar-refractivity contribution in [2.24, 2.45) is 0 Å². The van der Waals surface area contributed by atoms with Crippen LogP contribution in [0, 0.1) is 0 Å². The van der Waals surface area contributed by atoms with Gasteiger partial charge in [-0.05, 0) is 24.8 Å². The summed E-state index contributed by atoms with van der Waals surface area (Å²) in [4.78, 5) is 11.7. The van der Waals surface area contributed by atoms with Gasteiger partial charge in [-0.1, -0.05) is 6.92 Å². The number of anilines is 1. The largest absolute Gasteiger partial charge is 0.492 e. The average Bonchev–Trinajstić information content (AvgIpc) is 2.35. The van der Waals surface area contributed by atoms with Crippen molar-refractivity contribution < 1.29 is 14.3 Å². The number of nitrogen functional groups attached to an aromatic ring is 1. The summed E-state index contributed by atoms with van der Waals surface area (Å²) in [6.45, 7) is 4.76. The smallest absolute Gasteiger partial charge is 0.341 e. The average molecular weight is 269 g/mol. The van der Waals surface area contributed by atoms with Crippen molar-refractivity contribution in [2.45, 2.75) is 13.8 Å². The lowest BCUT2D eigenvalue weighted by Crippen LogP contribution is -2.10. The summed E-state index contributed by atoms with van der Waals surface area (Å²) in [7, 11) is 0. The van der Waals surface area contributed by atoms with Crippen molar-refractivity contribution in [3.63, 3.8) is 0 Å². The number of esters is 1. The van der Waals surface area contributed by atoms with Crippen LogP contribution >= 0.6 is 11.8 Å². The molecule has 4 nitrogen and oxygen atoms in total. The lowest BCUT2D eigenvalue weighted by Gasteiger charge is -2.11. The molecule has 100 valence electrons. The number of hydrogen-bond donors (Lipinski definition) is 1. The minimum atomic E-state index is -0.379. The predicted octanol–water partition coefficient (Wildman–Crippen LogP) is 2.58. The summed E-state index contributed by atoms with van der Waals surface area (Å²) in [5.41, 5.74) is 6.69. The Hall–Kier alpha value is -1.36. The first-order valence-electron chi connectivity index (χ1n) is 5.96. The molecular formula is C13H19NO3S. The van der Waals surface area contributed by atoms with Gasteiger partial charge in [-0.3, -0.25) is 0 Å². The minimum Gasteiger partial charge on any atom is -0.492 e. The molecule has 1 aromatic carbocycles. The second kappa shape index (κ2) is 7.87. The van der Waals surface area contributed by atoms with E-state index in [4.69, 9.17) is 15.2 Å². The standard InChI is InChI=1S/C13H19NO3S/c1-3-16-13(15)11-6-5-10(14)9-12(11)17-7-8-18-4-2/h5-6,9H,3-4,7-8,14H2,1-2H3. The van der Waals surface area contributed by atoms with Crippen LogP contribution in [-0.2, 0) is 4.74 Å². The Morgan fingerprint density at radius 3 is 2.83 bits per heavy atom. The van der Waals surface area contributed by atoms with E-state index in [1.807, 2.05) is 0 Å². The molecule has 0 heterocycles. The van der Waals surface area contributed by atoms with Gasteiger partial charge in [0.15, 0.2) is 0 Å². The fourth-order valence-electron chi connectivity index (χ4n) is 1.39. The van der Waals surface area contributed by atoms with Gasteiger partial charge < -0.3 is 15.2 Å². The molecule has 2 N–H and O–H groups in total. The van der Waals surface area contributed by atoms with Crippen molar-refractivity contribution in [3.8, 4) is 5.75 Å². The van der Waals surface area contributed by atoms with Crippen LogP contribution in [0.4, 0.5) is 5.69 Å². The Kier molecular flexibility index (Phi) is 6.43. The van der Waals surface area contributed by atoms with Crippen LogP contribution in [-0.4, -0.2) is 30.7 Å². The highest BCUT2D eigenvalue weighted by Crippen LogP contribution is 2.23. The zero-order chi connectivity index (χ0) is 13.4. The summed E-state index contributed by atoms with van der Waals surface area (Å²) in [6.07, 6.45) is 0. The van der Waals surface area contributed by atoms with Gasteiger partial charge in [-0.25, -0.2) is 4.79 Å². The third-order valence-electron chi connectivity index (χ3n) is 2.19. The molecule has 0 spiro atoms. The number of benzene rings is 1. The summed E-state index contributed by atoms with van der Waals surface area (Å²) in [6, 6.07) is 4.96. The molecular weight excluding hydrogens is 250 g/mol. The molecule has 0 saturated heterocycles. The van der Waals surface area contributed by atoms with Gasteiger partial charge in [0, 0.05) is 17.5 Å². The first-order valence-corrected chi connectivity index (χ1v) is 7.11. The molecule has 0 bridgehead atoms. The van der Waals surface area contributed by atoms with Crippen LogP contribution in [0.1, 0.15) is 24.2 Å². The number of rotatable bonds is 7. The highest BCUT2D eigenvalue weighted by atomic mass is 32.2. The molecule has 0 amide bonds. The van der Waals surface area contributed by atoms with Gasteiger partial charge in [0.1, 0.15) is 11.3 Å². The number of thioether (sulfide) groups is 1. The summed E-state index contributed by atoms with van der Waals surface area (Å²) in [5.74, 6) is 2.04. The lowest BCUT2D eigenvalue weighted by atomic mass is 10.2. The maximum atomic E-state index is 11.7. The topological polar surface area (TPSA) is 61.5 Å². The first-order chi connectivity index (χ1) is 8.69. The fourth-order valence-corrected chi connectivity index (χ4v) is 1.88. The van der Waals surface area contributed by atoms with E-state index < -0.39 is 0 Å². The number of carbonyl (C=O) groups excluding carboxylic acids is 1. The Morgan fingerprint density at radius 1 is 1.39 bits per heavy atom. The lowest BCUT2D eigenvalue weighted by molar-refractivity contribution is 0.0522. The third kappa shape index (κ3) is 4.49. The first kappa shape index (κ1) is 14.7. The predicted molar refractivity (Wildman–Crippen MR) is 75.3 cm³/mol. The third-order valence-corrected chi connectivity index (χ3v) is 3.05. The van der Waals surface area contributed by atoms with Crippen molar-refractivity contribution >= 4 is 23.4 Å². The van der Waals surface area contributed by atoms with E-state index in [1.54, 1.807) is 36.9 Å². The zero-order valence-electron chi connectivity index (χ0n) is 10.8. The summed E-state index contributed by atoms with van der Waals surface area (Å²) >= 11 is 1.78. The maximum Gasteiger partial charge on any atom is 0.341 e. The molecule has 1 aromatic rings. The van der Waals surface area contributed by atoms with Crippen LogP contribution in [0.2, 0.25) is 0 Å². The Morgan fingerprint density at radius 2 is 2.17 bits per heavy atom. The van der Waals surface area contributed by atoms with E-state index in [0.717, 1.165) is 11.5 Å². The van der Waals surface area contributed by atoms with E-state index in [1.165, 1.54) is 0 Å². The van der Waals surface area contributed by atoms with Crippen LogP contribution in [0.3, 0.4) is 0 Å². The Bertz CT molecular complexity index is 396. The van der Waals surface area contributed by atoms with Crippen molar-refractivity contribution in [3.05, 3.63) is 23.8 Å². The quantitative estimate of drug-likeness (QED) is 0.468. The fraction of sp³-hybridized carbons (Fsp3) is 0.462. The molecule has 5 heteroatoms. The normalized spacial score (nSPS) is 10.1. The Labute approximate surface area is 112 Å². The maximum absolute atomic E-state index is 11.7. The van der Waals surface area contributed by atoms with E-state index in [-0.39, 0.29) is 5.97 Å². The van der Waals surface area contributed by atoms with Crippen molar-refractivity contribution in [1.29, 1.82) is 0 Å². The van der Waals surface area contributed by atoms with Crippen LogP contribution in [0.25, 0.3) is 0 Å². The van der Waals surface area contributed by atoms with Gasteiger partial charge in [-0.2, -0.15) is 11.8 Å². The van der Waals surface area contributed by atoms with Crippen LogP contribution in [0.15, 0.2) is 18.2 Å². The van der Waals surface area contributed by atoms with Crippen molar-refractivity contribution in [2.75, 3.05) is 30.5 Å². The van der Waals surface area contributed by atoms with Gasteiger partial charge in [0.25, 0.3) is 0 Å². The zero-order valence-corrected chi connectivity index (χ0v) is 11.6. The minimum absolute atomic E-state index is 0.342. The summed E-state index contributed by atoms with van der Waals surface area (Å²) < 4.78 is 10.6. The van der Waals surface area contributed by atoms with Gasteiger partial charge in [0.05, 0.1) is 13.2 Å². The van der Waals surface area contributed by atoms with E-state index in [0.29, 0.717) is 30.2 Å². The molecule has 0 aliphatic heterocycles. The molecule has 0 saturated carbocycles. The second-order valence-corrected chi connectivity index (χ2v) is 4.92. The molecule has 0 aromatic heterocycles. The van der Waals surface area contributed by atoms with Gasteiger partial charge in [0.2, 0.25) is 0 Å². The second-order valence-electron chi connectivity index (χ2n) is 3.52. The monoisotopic (exact) mass is 269 g/mol. The molecule has 0 atom stereocenters. The molecule has 0 aliphatic rings. The molecule has 0 aliphatic carbocycles. The van der Waals surface area contributed by atoms with Gasteiger partial charge in [-0.15, -0.1) is 0 Å². The van der Waals surface area contributed by atoms with Crippen molar-refractivity contribution in [1.82, 2.24) is 0 Å². The van der Waals surface area contributed by atoms with E-state index in [9.17, 15) is 4.79 Å². The van der Waals surface area contributed by atoms with Gasteiger partial charge >= 0.3 is 5.97 Å². The summed E-state index contributed by atoms with van der Waals surface area (Å²) in [5, 5.41) is 0. The molecule has 0 fully saturated rings. The number of carbonyl (C=O) groups is 1. The molecule has 1 rings (SSSR count). The van der Waals surface area contributed by atoms with E-state index in [2.05, 4.69) is 6.92 Å². The molecule has 0 radical (unpaired) electrons. The Balaban J connectivity index is 2.73. The highest BCUT2D eigenvalue weighted by Gasteiger charge is 2.13. The SMILES string of the molecule is CCOC(=O)c1ccc(N)cc1OCCSCC. The number of nitrogens with two attached hydrogens (primary N) is 1. The van der Waals surface area contributed by atoms with Crippen LogP contribution < -0.4 is 10.5 Å². The molecule has 0 unspecified atom stereocenters. The number of hydrogen-bond acceptors (Lipinski definition) is 5. The highest BCUT2D eigenvalue weighted by molar-refractivity contribution is 7.99. The number of ether oxygens (including phenoxy) is 2. The molecule has 18 heavy (non-hydrogen) atoms. The van der Waals surface area contributed by atoms with Crippen LogP contribution in [0.5, 0.6) is 5.75 Å². The van der Waals surface area contributed by atoms with E-state index >= 15 is 0 Å².